The maximum atomic E-state index is 5.69. The fourth-order valence-corrected chi connectivity index (χ4v) is 2.52. The third-order valence-electron chi connectivity index (χ3n) is 2.95. The van der Waals surface area contributed by atoms with E-state index in [0.29, 0.717) is 19.3 Å². The van der Waals surface area contributed by atoms with Crippen LogP contribution in [0.15, 0.2) is 28.2 Å². The third kappa shape index (κ3) is 4.69. The lowest BCUT2D eigenvalue weighted by Crippen LogP contribution is -2.15. The Labute approximate surface area is 133 Å². The topological polar surface area (TPSA) is 30.5 Å². The maximum absolute atomic E-state index is 5.69. The van der Waals surface area contributed by atoms with Crippen molar-refractivity contribution in [1.82, 2.24) is 5.32 Å². The molecule has 1 aliphatic carbocycles. The first-order chi connectivity index (χ1) is 9.74. The molecule has 1 aliphatic rings. The van der Waals surface area contributed by atoms with Crippen molar-refractivity contribution in [3.8, 4) is 11.5 Å². The molecular formula is C15H19BrClNO2. The molecule has 1 aromatic carbocycles. The van der Waals surface area contributed by atoms with E-state index in [2.05, 4.69) is 27.3 Å². The number of benzene rings is 1. The Morgan fingerprint density at radius 1 is 1.40 bits per heavy atom. The Morgan fingerprint density at radius 3 is 2.85 bits per heavy atom. The number of nitrogens with one attached hydrogen (secondary N) is 1. The molecule has 2 rings (SSSR count). The molecule has 20 heavy (non-hydrogen) atoms. The summed E-state index contributed by atoms with van der Waals surface area (Å²) in [5, 5.41) is 3.50. The van der Waals surface area contributed by atoms with Gasteiger partial charge in [-0.2, -0.15) is 0 Å². The molecule has 0 spiro atoms. The average molecular weight is 361 g/mol. The van der Waals surface area contributed by atoms with Crippen LogP contribution in [-0.2, 0) is 6.54 Å². The summed E-state index contributed by atoms with van der Waals surface area (Å²) in [5.41, 5.74) is 2.63. The van der Waals surface area contributed by atoms with Crippen molar-refractivity contribution in [2.75, 3.05) is 13.2 Å². The molecular weight excluding hydrogens is 342 g/mol. The number of ether oxygens (including phenoxy) is 2. The molecule has 1 N–H and O–H groups in total. The van der Waals surface area contributed by atoms with Crippen LogP contribution in [-0.4, -0.2) is 19.3 Å². The molecule has 3 nitrogen and oxygen atoms in total. The van der Waals surface area contributed by atoms with E-state index < -0.39 is 0 Å². The van der Waals surface area contributed by atoms with Crippen molar-refractivity contribution in [3.63, 3.8) is 0 Å². The summed E-state index contributed by atoms with van der Waals surface area (Å²) in [5.74, 6) is 1.48. The van der Waals surface area contributed by atoms with Gasteiger partial charge in [0.2, 0.25) is 0 Å². The van der Waals surface area contributed by atoms with E-state index >= 15 is 0 Å². The first kappa shape index (κ1) is 15.7. The van der Waals surface area contributed by atoms with Gasteiger partial charge in [0.05, 0.1) is 11.1 Å². The van der Waals surface area contributed by atoms with E-state index in [4.69, 9.17) is 21.1 Å². The van der Waals surface area contributed by atoms with Gasteiger partial charge in [0.15, 0.2) is 11.5 Å². The van der Waals surface area contributed by atoms with Crippen molar-refractivity contribution >= 4 is 27.5 Å². The minimum absolute atomic E-state index is 0.418. The van der Waals surface area contributed by atoms with E-state index in [0.717, 1.165) is 22.5 Å². The second-order valence-corrected chi connectivity index (χ2v) is 5.77. The number of rotatable bonds is 8. The van der Waals surface area contributed by atoms with Crippen LogP contribution < -0.4 is 14.8 Å². The van der Waals surface area contributed by atoms with Crippen molar-refractivity contribution in [2.45, 2.75) is 32.4 Å². The Balaban J connectivity index is 2.11. The summed E-state index contributed by atoms with van der Waals surface area (Å²) in [4.78, 5) is 0. The zero-order chi connectivity index (χ0) is 14.4. The predicted octanol–water partition coefficient (Wildman–Crippen LogP) is 4.23. The predicted molar refractivity (Wildman–Crippen MR) is 85.7 cm³/mol. The lowest BCUT2D eigenvalue weighted by molar-refractivity contribution is 0.295. The smallest absolute Gasteiger partial charge is 0.175 e. The lowest BCUT2D eigenvalue weighted by atomic mass is 10.2. The van der Waals surface area contributed by atoms with Crippen LogP contribution in [0, 0.1) is 0 Å². The summed E-state index contributed by atoms with van der Waals surface area (Å²) < 4.78 is 12.3. The van der Waals surface area contributed by atoms with Crippen LogP contribution in [0.5, 0.6) is 11.5 Å². The summed E-state index contributed by atoms with van der Waals surface area (Å²) >= 11 is 9.05. The van der Waals surface area contributed by atoms with Gasteiger partial charge in [-0.3, -0.25) is 0 Å². The summed E-state index contributed by atoms with van der Waals surface area (Å²) in [6.45, 7) is 3.84. The summed E-state index contributed by atoms with van der Waals surface area (Å²) in [7, 11) is 0. The van der Waals surface area contributed by atoms with Gasteiger partial charge in [-0.05, 0) is 59.5 Å². The van der Waals surface area contributed by atoms with Crippen molar-refractivity contribution in [3.05, 3.63) is 33.8 Å². The Hall–Kier alpha value is -0.710. The van der Waals surface area contributed by atoms with Crippen molar-refractivity contribution in [1.29, 1.82) is 0 Å². The monoisotopic (exact) mass is 359 g/mol. The Morgan fingerprint density at radius 2 is 2.20 bits per heavy atom. The molecule has 0 atom stereocenters. The highest BCUT2D eigenvalue weighted by molar-refractivity contribution is 9.10. The summed E-state index contributed by atoms with van der Waals surface area (Å²) in [6, 6.07) is 4.79. The van der Waals surface area contributed by atoms with Crippen LogP contribution in [0.4, 0.5) is 0 Å². The molecule has 0 amide bonds. The zero-order valence-corrected chi connectivity index (χ0v) is 13.8. The largest absolute Gasteiger partial charge is 0.490 e. The standard InChI is InChI=1S/C15H19BrClNO2/c1-2-19-14-9-11(10-18-12-4-5-12)8-13(16)15(14)20-7-3-6-17/h3,6,8-9,12,18H,2,4-5,7,10H2,1H3/b6-3+. The SMILES string of the molecule is CCOc1cc(CNC2CC2)cc(Br)c1OC/C=C/Cl. The molecule has 110 valence electrons. The van der Waals surface area contributed by atoms with Gasteiger partial charge in [0, 0.05) is 18.1 Å². The van der Waals surface area contributed by atoms with Gasteiger partial charge in [-0.1, -0.05) is 11.6 Å². The summed E-state index contributed by atoms with van der Waals surface area (Å²) in [6.07, 6.45) is 4.31. The van der Waals surface area contributed by atoms with Gasteiger partial charge in [-0.15, -0.1) is 0 Å². The van der Waals surface area contributed by atoms with Crippen LogP contribution in [0.2, 0.25) is 0 Å². The van der Waals surface area contributed by atoms with Crippen LogP contribution in [0.25, 0.3) is 0 Å². The second-order valence-electron chi connectivity index (χ2n) is 4.67. The molecule has 1 fully saturated rings. The van der Waals surface area contributed by atoms with Gasteiger partial charge in [-0.25, -0.2) is 0 Å². The van der Waals surface area contributed by atoms with Gasteiger partial charge in [0.25, 0.3) is 0 Å². The average Bonchev–Trinajstić information content (AvgIpc) is 3.24. The van der Waals surface area contributed by atoms with Crippen LogP contribution in [0.1, 0.15) is 25.3 Å². The van der Waals surface area contributed by atoms with E-state index in [-0.39, 0.29) is 0 Å². The molecule has 0 saturated heterocycles. The van der Waals surface area contributed by atoms with Crippen LogP contribution >= 0.6 is 27.5 Å². The lowest BCUT2D eigenvalue weighted by Gasteiger charge is -2.15. The van der Waals surface area contributed by atoms with Crippen molar-refractivity contribution < 1.29 is 9.47 Å². The first-order valence-electron chi connectivity index (χ1n) is 6.81. The highest BCUT2D eigenvalue weighted by Gasteiger charge is 2.20. The van der Waals surface area contributed by atoms with Gasteiger partial charge in [0.1, 0.15) is 6.61 Å². The van der Waals surface area contributed by atoms with Crippen LogP contribution in [0.3, 0.4) is 0 Å². The fraction of sp³-hybridized carbons (Fsp3) is 0.467. The van der Waals surface area contributed by atoms with E-state index in [1.54, 1.807) is 6.08 Å². The normalized spacial score (nSPS) is 14.8. The molecule has 0 bridgehead atoms. The number of hydrogen-bond donors (Lipinski definition) is 1. The molecule has 0 heterocycles. The van der Waals surface area contributed by atoms with E-state index in [9.17, 15) is 0 Å². The third-order valence-corrected chi connectivity index (χ3v) is 3.72. The van der Waals surface area contributed by atoms with E-state index in [1.807, 2.05) is 13.0 Å². The first-order valence-corrected chi connectivity index (χ1v) is 8.04. The van der Waals surface area contributed by atoms with Crippen molar-refractivity contribution in [2.24, 2.45) is 0 Å². The molecule has 0 aromatic heterocycles. The quantitative estimate of drug-likeness (QED) is 0.752. The highest BCUT2D eigenvalue weighted by Crippen LogP contribution is 2.37. The fourth-order valence-electron chi connectivity index (χ4n) is 1.84. The number of hydrogen-bond acceptors (Lipinski definition) is 3. The van der Waals surface area contributed by atoms with E-state index in [1.165, 1.54) is 23.9 Å². The highest BCUT2D eigenvalue weighted by atomic mass is 79.9. The molecule has 1 aromatic rings. The Bertz CT molecular complexity index is 475. The molecule has 5 heteroatoms. The minimum Gasteiger partial charge on any atom is -0.490 e. The zero-order valence-electron chi connectivity index (χ0n) is 11.5. The van der Waals surface area contributed by atoms with Gasteiger partial charge < -0.3 is 14.8 Å². The Kier molecular flexibility index (Phi) is 6.20. The molecule has 0 radical (unpaired) electrons. The molecule has 0 aliphatic heterocycles. The number of halogens is 2. The minimum atomic E-state index is 0.418. The molecule has 0 unspecified atom stereocenters. The second kappa shape index (κ2) is 7.91. The molecule has 1 saturated carbocycles. The van der Waals surface area contributed by atoms with Gasteiger partial charge >= 0.3 is 0 Å². The maximum Gasteiger partial charge on any atom is 0.175 e.